The Bertz CT molecular complexity index is 541. The Labute approximate surface area is 109 Å². The summed E-state index contributed by atoms with van der Waals surface area (Å²) < 4.78 is 0. The van der Waals surface area contributed by atoms with Crippen LogP contribution in [0.3, 0.4) is 0 Å². The van der Waals surface area contributed by atoms with E-state index in [1.54, 1.807) is 24.8 Å². The second-order valence-electron chi connectivity index (χ2n) is 4.34. The van der Waals surface area contributed by atoms with E-state index in [1.807, 2.05) is 12.1 Å². The molecule has 0 saturated carbocycles. The van der Waals surface area contributed by atoms with Crippen molar-refractivity contribution in [1.82, 2.24) is 25.8 Å². The van der Waals surface area contributed by atoms with Crippen molar-refractivity contribution in [1.29, 1.82) is 0 Å². The average Bonchev–Trinajstić information content (AvgIpc) is 3.10. The van der Waals surface area contributed by atoms with Crippen molar-refractivity contribution in [2.75, 3.05) is 5.32 Å². The van der Waals surface area contributed by atoms with Gasteiger partial charge in [0.15, 0.2) is 0 Å². The lowest BCUT2D eigenvalue weighted by molar-refractivity contribution is -0.117. The molecule has 0 aromatic carbocycles. The number of carbonyl (C=O) groups excluding carboxylic acids is 1. The summed E-state index contributed by atoms with van der Waals surface area (Å²) in [5.74, 6) is 0.338. The maximum absolute atomic E-state index is 12.0. The van der Waals surface area contributed by atoms with Crippen LogP contribution in [0.15, 0.2) is 36.9 Å². The molecule has 0 spiro atoms. The van der Waals surface area contributed by atoms with Gasteiger partial charge >= 0.3 is 0 Å². The van der Waals surface area contributed by atoms with Crippen LogP contribution in [0.5, 0.6) is 0 Å². The number of hydrogen-bond acceptors (Lipinski definition) is 5. The van der Waals surface area contributed by atoms with Gasteiger partial charge in [-0.05, 0) is 18.1 Å². The molecule has 98 valence electrons. The smallest absolute Gasteiger partial charge is 0.245 e. The zero-order chi connectivity index (χ0) is 13.1. The van der Waals surface area contributed by atoms with Crippen molar-refractivity contribution >= 4 is 11.9 Å². The highest BCUT2D eigenvalue weighted by molar-refractivity contribution is 5.93. The summed E-state index contributed by atoms with van der Waals surface area (Å²) in [7, 11) is 0. The van der Waals surface area contributed by atoms with Gasteiger partial charge in [-0.1, -0.05) is 6.07 Å². The number of anilines is 1. The Morgan fingerprint density at radius 3 is 3.05 bits per heavy atom. The van der Waals surface area contributed by atoms with E-state index < -0.39 is 0 Å². The molecule has 1 aliphatic heterocycles. The summed E-state index contributed by atoms with van der Waals surface area (Å²) in [5, 5.41) is 2.71. The van der Waals surface area contributed by atoms with Gasteiger partial charge in [-0.15, -0.1) is 0 Å². The van der Waals surface area contributed by atoms with Gasteiger partial charge in [0.25, 0.3) is 0 Å². The highest BCUT2D eigenvalue weighted by Crippen LogP contribution is 2.21. The quantitative estimate of drug-likeness (QED) is 0.637. The first-order valence-corrected chi connectivity index (χ1v) is 6.04. The van der Waals surface area contributed by atoms with E-state index in [2.05, 4.69) is 31.1 Å². The molecule has 19 heavy (non-hydrogen) atoms. The monoisotopic (exact) mass is 258 g/mol. The fourth-order valence-electron chi connectivity index (χ4n) is 2.07. The zero-order valence-electron chi connectivity index (χ0n) is 10.1. The lowest BCUT2D eigenvalue weighted by Gasteiger charge is -2.08. The molecule has 7 nitrogen and oxygen atoms in total. The van der Waals surface area contributed by atoms with E-state index in [4.69, 9.17) is 0 Å². The van der Waals surface area contributed by atoms with Crippen molar-refractivity contribution in [3.05, 3.63) is 42.5 Å². The number of hydrazine groups is 1. The van der Waals surface area contributed by atoms with Gasteiger partial charge in [0.05, 0.1) is 0 Å². The van der Waals surface area contributed by atoms with Crippen molar-refractivity contribution in [3.8, 4) is 0 Å². The number of pyridine rings is 1. The third-order valence-electron chi connectivity index (χ3n) is 3.05. The number of aromatic amines is 1. The molecule has 2 atom stereocenters. The number of amides is 1. The van der Waals surface area contributed by atoms with Gasteiger partial charge in [-0.3, -0.25) is 15.1 Å². The fraction of sp³-hybridized carbons (Fsp3) is 0.250. The maximum Gasteiger partial charge on any atom is 0.245 e. The van der Waals surface area contributed by atoms with E-state index in [0.717, 1.165) is 5.56 Å². The number of imidazole rings is 1. The zero-order valence-corrected chi connectivity index (χ0v) is 10.1. The number of aromatic nitrogens is 3. The van der Waals surface area contributed by atoms with E-state index in [0.29, 0.717) is 12.4 Å². The van der Waals surface area contributed by atoms with Crippen LogP contribution in [0.25, 0.3) is 0 Å². The Morgan fingerprint density at radius 1 is 1.37 bits per heavy atom. The minimum absolute atomic E-state index is 0.0843. The summed E-state index contributed by atoms with van der Waals surface area (Å²) in [6, 6.07) is 3.66. The van der Waals surface area contributed by atoms with Crippen molar-refractivity contribution in [3.63, 3.8) is 0 Å². The molecular weight excluding hydrogens is 244 g/mol. The van der Waals surface area contributed by atoms with E-state index >= 15 is 0 Å². The van der Waals surface area contributed by atoms with Crippen molar-refractivity contribution in [2.45, 2.75) is 18.5 Å². The van der Waals surface area contributed by atoms with Gasteiger partial charge in [-0.2, -0.15) is 0 Å². The van der Waals surface area contributed by atoms with E-state index in [9.17, 15) is 4.79 Å². The third-order valence-corrected chi connectivity index (χ3v) is 3.05. The molecule has 0 radical (unpaired) electrons. The first-order valence-electron chi connectivity index (χ1n) is 6.04. The highest BCUT2D eigenvalue weighted by atomic mass is 16.2. The third kappa shape index (κ3) is 2.61. The van der Waals surface area contributed by atoms with Gasteiger partial charge in [-0.25, -0.2) is 15.8 Å². The first-order chi connectivity index (χ1) is 9.33. The van der Waals surface area contributed by atoms with Crippen LogP contribution < -0.4 is 16.2 Å². The minimum Gasteiger partial charge on any atom is -0.331 e. The molecule has 1 aliphatic rings. The standard InChI is InChI=1S/C12H14N6O/c19-11(16-12-14-4-5-15-12)10-6-9(17-18-10)8-2-1-3-13-7-8/h1-5,7,9-10,17-18H,6H2,(H2,14,15,16,19). The number of H-pyrrole nitrogens is 1. The van der Waals surface area contributed by atoms with Crippen molar-refractivity contribution in [2.24, 2.45) is 0 Å². The van der Waals surface area contributed by atoms with Crippen LogP contribution in [-0.4, -0.2) is 26.9 Å². The Balaban J connectivity index is 1.61. The molecule has 7 heteroatoms. The normalized spacial score (nSPS) is 22.3. The van der Waals surface area contributed by atoms with Gasteiger partial charge in [0, 0.05) is 30.8 Å². The van der Waals surface area contributed by atoms with Gasteiger partial charge in [0.1, 0.15) is 6.04 Å². The highest BCUT2D eigenvalue weighted by Gasteiger charge is 2.30. The summed E-state index contributed by atoms with van der Waals surface area (Å²) >= 11 is 0. The largest absolute Gasteiger partial charge is 0.331 e. The molecule has 3 heterocycles. The molecule has 2 aromatic rings. The van der Waals surface area contributed by atoms with Gasteiger partial charge < -0.3 is 4.98 Å². The van der Waals surface area contributed by atoms with E-state index in [1.165, 1.54) is 0 Å². The average molecular weight is 258 g/mol. The van der Waals surface area contributed by atoms with Gasteiger partial charge in [0.2, 0.25) is 11.9 Å². The lowest BCUT2D eigenvalue weighted by atomic mass is 10.0. The van der Waals surface area contributed by atoms with Crippen LogP contribution in [0.4, 0.5) is 5.95 Å². The molecular formula is C12H14N6O. The Kier molecular flexibility index (Phi) is 3.21. The second-order valence-corrected chi connectivity index (χ2v) is 4.34. The van der Waals surface area contributed by atoms with Crippen molar-refractivity contribution < 1.29 is 4.79 Å². The lowest BCUT2D eigenvalue weighted by Crippen LogP contribution is -2.39. The Hall–Kier alpha value is -2.25. The maximum atomic E-state index is 12.0. The molecule has 2 aromatic heterocycles. The fourth-order valence-corrected chi connectivity index (χ4v) is 2.07. The van der Waals surface area contributed by atoms with Crippen LogP contribution in [0.1, 0.15) is 18.0 Å². The molecule has 3 rings (SSSR count). The number of hydrogen-bond donors (Lipinski definition) is 4. The molecule has 0 bridgehead atoms. The number of nitrogens with zero attached hydrogens (tertiary/aromatic N) is 2. The SMILES string of the molecule is O=C(Nc1ncc[nH]1)C1CC(c2cccnc2)NN1. The predicted octanol–water partition coefficient (Wildman–Crippen LogP) is 0.351. The van der Waals surface area contributed by atoms with Crippen LogP contribution in [0, 0.1) is 0 Å². The predicted molar refractivity (Wildman–Crippen MR) is 68.9 cm³/mol. The minimum atomic E-state index is -0.296. The molecule has 4 N–H and O–H groups in total. The number of rotatable bonds is 3. The molecule has 1 saturated heterocycles. The van der Waals surface area contributed by atoms with Crippen LogP contribution in [-0.2, 0) is 4.79 Å². The molecule has 0 aliphatic carbocycles. The molecule has 1 fully saturated rings. The van der Waals surface area contributed by atoms with Crippen LogP contribution in [0.2, 0.25) is 0 Å². The van der Waals surface area contributed by atoms with E-state index in [-0.39, 0.29) is 18.0 Å². The number of nitrogens with one attached hydrogen (secondary N) is 4. The summed E-state index contributed by atoms with van der Waals surface area (Å²) in [6.45, 7) is 0. The second kappa shape index (κ2) is 5.17. The Morgan fingerprint density at radius 2 is 2.32 bits per heavy atom. The molecule has 2 unspecified atom stereocenters. The van der Waals surface area contributed by atoms with Crippen LogP contribution >= 0.6 is 0 Å². The summed E-state index contributed by atoms with van der Waals surface area (Å²) in [5.41, 5.74) is 7.15. The first kappa shape index (κ1) is 11.8. The topological polar surface area (TPSA) is 94.7 Å². The summed E-state index contributed by atoms with van der Waals surface area (Å²) in [4.78, 5) is 22.9. The molecule has 1 amide bonds. The summed E-state index contributed by atoms with van der Waals surface area (Å²) in [6.07, 6.45) is 7.44. The number of carbonyl (C=O) groups is 1.